The summed E-state index contributed by atoms with van der Waals surface area (Å²) in [6.07, 6.45) is 2.75. The monoisotopic (exact) mass is 293 g/mol. The second-order valence-corrected chi connectivity index (χ2v) is 4.28. The Balaban J connectivity index is 0.000000224. The van der Waals surface area contributed by atoms with Crippen molar-refractivity contribution in [3.63, 3.8) is 0 Å². The lowest BCUT2D eigenvalue weighted by atomic mass is 10.1. The summed E-state index contributed by atoms with van der Waals surface area (Å²) in [6.45, 7) is 0. The van der Waals surface area contributed by atoms with Gasteiger partial charge in [0.05, 0.1) is 0 Å². The van der Waals surface area contributed by atoms with E-state index >= 15 is 0 Å². The van der Waals surface area contributed by atoms with Crippen LogP contribution in [0.25, 0.3) is 0 Å². The summed E-state index contributed by atoms with van der Waals surface area (Å²) in [6, 6.07) is 28.4. The van der Waals surface area contributed by atoms with Crippen LogP contribution < -0.4 is 0 Å². The van der Waals surface area contributed by atoms with Crippen LogP contribution >= 0.6 is 0 Å². The summed E-state index contributed by atoms with van der Waals surface area (Å²) < 4.78 is 0. The molecular formula is C18H20BNO2. The van der Waals surface area contributed by atoms with Gasteiger partial charge in [0.15, 0.2) is 0 Å². The minimum atomic E-state index is -0.750. The SMILES string of the molecule is OBO.c1ccc(Cc2ccccn2)cc1.c1ccccc1. The topological polar surface area (TPSA) is 53.4 Å². The minimum Gasteiger partial charge on any atom is -0.430 e. The average molecular weight is 293 g/mol. The van der Waals surface area contributed by atoms with E-state index in [-0.39, 0.29) is 0 Å². The summed E-state index contributed by atoms with van der Waals surface area (Å²) in [5.74, 6) is 0. The van der Waals surface area contributed by atoms with E-state index in [1.807, 2.05) is 66.9 Å². The second kappa shape index (κ2) is 12.3. The number of nitrogens with zero attached hydrogens (tertiary/aromatic N) is 1. The van der Waals surface area contributed by atoms with Crippen LogP contribution in [0.2, 0.25) is 0 Å². The molecule has 0 spiro atoms. The third-order valence-electron chi connectivity index (χ3n) is 2.62. The van der Waals surface area contributed by atoms with E-state index < -0.39 is 7.69 Å². The molecule has 112 valence electrons. The maximum absolute atomic E-state index is 7.12. The lowest BCUT2D eigenvalue weighted by Crippen LogP contribution is -1.89. The number of hydrogen-bond acceptors (Lipinski definition) is 3. The number of pyridine rings is 1. The number of benzene rings is 2. The minimum absolute atomic E-state index is 0.750. The molecule has 0 aliphatic rings. The molecule has 0 amide bonds. The molecule has 0 bridgehead atoms. The molecule has 0 aliphatic heterocycles. The highest BCUT2D eigenvalue weighted by atomic mass is 16.4. The Morgan fingerprint density at radius 3 is 1.59 bits per heavy atom. The van der Waals surface area contributed by atoms with Gasteiger partial charge in [-0.25, -0.2) is 0 Å². The van der Waals surface area contributed by atoms with Gasteiger partial charge in [0.2, 0.25) is 0 Å². The highest BCUT2D eigenvalue weighted by Gasteiger charge is 1.94. The molecule has 0 saturated carbocycles. The molecule has 1 heterocycles. The Morgan fingerprint density at radius 1 is 0.682 bits per heavy atom. The molecule has 0 saturated heterocycles. The first kappa shape index (κ1) is 17.6. The Labute approximate surface area is 132 Å². The quantitative estimate of drug-likeness (QED) is 0.714. The molecule has 2 N–H and O–H groups in total. The number of hydrogen-bond donors (Lipinski definition) is 2. The van der Waals surface area contributed by atoms with Gasteiger partial charge < -0.3 is 10.0 Å². The van der Waals surface area contributed by atoms with Gasteiger partial charge in [-0.3, -0.25) is 4.98 Å². The summed E-state index contributed by atoms with van der Waals surface area (Å²) in [5, 5.41) is 14.2. The normalized spacial score (nSPS) is 8.64. The van der Waals surface area contributed by atoms with Crippen LogP contribution in [0.1, 0.15) is 11.3 Å². The fourth-order valence-electron chi connectivity index (χ4n) is 1.69. The lowest BCUT2D eigenvalue weighted by molar-refractivity contribution is 0.448. The Morgan fingerprint density at radius 2 is 1.14 bits per heavy atom. The van der Waals surface area contributed by atoms with Crippen LogP contribution in [-0.2, 0) is 6.42 Å². The third-order valence-corrected chi connectivity index (χ3v) is 2.62. The molecule has 1 aromatic heterocycles. The molecule has 3 rings (SSSR count). The first-order chi connectivity index (χ1) is 10.9. The predicted molar refractivity (Wildman–Crippen MR) is 91.5 cm³/mol. The summed E-state index contributed by atoms with van der Waals surface area (Å²) in [4.78, 5) is 4.27. The average Bonchev–Trinajstić information content (AvgIpc) is 2.60. The van der Waals surface area contributed by atoms with Crippen LogP contribution in [-0.4, -0.2) is 22.7 Å². The molecule has 0 unspecified atom stereocenters. The zero-order valence-corrected chi connectivity index (χ0v) is 12.4. The Bertz CT molecular complexity index is 513. The van der Waals surface area contributed by atoms with Crippen LogP contribution in [0.5, 0.6) is 0 Å². The maximum Gasteiger partial charge on any atom is 0.432 e. The van der Waals surface area contributed by atoms with Gasteiger partial charge in [0.25, 0.3) is 0 Å². The van der Waals surface area contributed by atoms with Crippen LogP contribution in [0, 0.1) is 0 Å². The third kappa shape index (κ3) is 8.69. The molecule has 22 heavy (non-hydrogen) atoms. The van der Waals surface area contributed by atoms with Crippen molar-refractivity contribution < 1.29 is 10.0 Å². The zero-order chi connectivity index (χ0) is 15.9. The van der Waals surface area contributed by atoms with E-state index in [2.05, 4.69) is 29.2 Å². The maximum atomic E-state index is 7.12. The van der Waals surface area contributed by atoms with Gasteiger partial charge in [-0.15, -0.1) is 0 Å². The largest absolute Gasteiger partial charge is 0.432 e. The first-order valence-corrected chi connectivity index (χ1v) is 7.02. The highest BCUT2D eigenvalue weighted by molar-refractivity contribution is 6.13. The molecule has 3 aromatic rings. The van der Waals surface area contributed by atoms with Crippen molar-refractivity contribution >= 4 is 7.69 Å². The smallest absolute Gasteiger partial charge is 0.430 e. The van der Waals surface area contributed by atoms with E-state index in [1.54, 1.807) is 0 Å². The van der Waals surface area contributed by atoms with Gasteiger partial charge in [-0.2, -0.15) is 0 Å². The molecule has 0 atom stereocenters. The summed E-state index contributed by atoms with van der Waals surface area (Å²) in [7, 11) is -0.750. The molecule has 0 fully saturated rings. The van der Waals surface area contributed by atoms with E-state index in [9.17, 15) is 0 Å². The summed E-state index contributed by atoms with van der Waals surface area (Å²) >= 11 is 0. The fraction of sp³-hybridized carbons (Fsp3) is 0.0556. The fourth-order valence-corrected chi connectivity index (χ4v) is 1.69. The summed E-state index contributed by atoms with van der Waals surface area (Å²) in [5.41, 5.74) is 2.43. The Kier molecular flexibility index (Phi) is 9.88. The van der Waals surface area contributed by atoms with Crippen LogP contribution in [0.4, 0.5) is 0 Å². The van der Waals surface area contributed by atoms with Crippen LogP contribution in [0.15, 0.2) is 91.1 Å². The van der Waals surface area contributed by atoms with Crippen molar-refractivity contribution in [2.45, 2.75) is 6.42 Å². The van der Waals surface area contributed by atoms with Crippen LogP contribution in [0.3, 0.4) is 0 Å². The number of rotatable bonds is 2. The van der Waals surface area contributed by atoms with Gasteiger partial charge in [0.1, 0.15) is 0 Å². The van der Waals surface area contributed by atoms with E-state index in [0.29, 0.717) is 0 Å². The highest BCUT2D eigenvalue weighted by Crippen LogP contribution is 2.05. The number of aromatic nitrogens is 1. The standard InChI is InChI=1S/C12H11N.C6H6.BH3O2/c1-2-6-11(7-3-1)10-12-8-4-5-9-13-12;1-2-4-6-5-3-1;2-1-3/h1-9H,10H2;1-6H;1-3H. The van der Waals surface area contributed by atoms with Crippen molar-refractivity contribution in [2.75, 3.05) is 0 Å². The zero-order valence-electron chi connectivity index (χ0n) is 12.4. The predicted octanol–water partition coefficient (Wildman–Crippen LogP) is 2.60. The van der Waals surface area contributed by atoms with Crippen molar-refractivity contribution in [3.05, 3.63) is 102 Å². The van der Waals surface area contributed by atoms with E-state index in [1.165, 1.54) is 5.56 Å². The van der Waals surface area contributed by atoms with E-state index in [0.717, 1.165) is 12.1 Å². The van der Waals surface area contributed by atoms with Crippen molar-refractivity contribution in [3.8, 4) is 0 Å². The lowest BCUT2D eigenvalue weighted by Gasteiger charge is -1.99. The molecule has 0 radical (unpaired) electrons. The molecule has 0 aliphatic carbocycles. The van der Waals surface area contributed by atoms with Crippen molar-refractivity contribution in [1.29, 1.82) is 0 Å². The van der Waals surface area contributed by atoms with Gasteiger partial charge >= 0.3 is 7.69 Å². The molecule has 2 aromatic carbocycles. The molecular weight excluding hydrogens is 273 g/mol. The molecule has 3 nitrogen and oxygen atoms in total. The molecule has 4 heteroatoms. The van der Waals surface area contributed by atoms with E-state index in [4.69, 9.17) is 10.0 Å². The van der Waals surface area contributed by atoms with Crippen molar-refractivity contribution in [1.82, 2.24) is 4.98 Å². The van der Waals surface area contributed by atoms with Crippen molar-refractivity contribution in [2.24, 2.45) is 0 Å². The van der Waals surface area contributed by atoms with Gasteiger partial charge in [-0.1, -0.05) is 72.8 Å². The van der Waals surface area contributed by atoms with Gasteiger partial charge in [-0.05, 0) is 17.7 Å². The second-order valence-electron chi connectivity index (χ2n) is 4.28. The first-order valence-electron chi connectivity index (χ1n) is 7.02. The van der Waals surface area contributed by atoms with Gasteiger partial charge in [0, 0.05) is 18.3 Å². The Hall–Kier alpha value is -2.43.